The molecule has 1 unspecified atom stereocenters. The summed E-state index contributed by atoms with van der Waals surface area (Å²) in [7, 11) is 0. The maximum Gasteiger partial charge on any atom is 0.303 e. The van der Waals surface area contributed by atoms with E-state index in [-0.39, 0.29) is 12.1 Å². The molecule has 0 N–H and O–H groups in total. The van der Waals surface area contributed by atoms with Gasteiger partial charge in [0.25, 0.3) is 0 Å². The zero-order valence-corrected chi connectivity index (χ0v) is 11.6. The van der Waals surface area contributed by atoms with Gasteiger partial charge in [0.1, 0.15) is 6.10 Å². The monoisotopic (exact) mass is 272 g/mol. The molecule has 0 amide bonds. The molecule has 2 aromatic rings. The molecule has 2 nitrogen and oxygen atoms in total. The Morgan fingerprint density at radius 1 is 1.05 bits per heavy atom. The minimum Gasteiger partial charge on any atom is -0.457 e. The Hall–Kier alpha value is -1.74. The molecule has 2 rings (SSSR count). The average molecular weight is 272 g/mol. The number of ether oxygens (including phenoxy) is 1. The topological polar surface area (TPSA) is 26.3 Å². The van der Waals surface area contributed by atoms with Gasteiger partial charge >= 0.3 is 5.97 Å². The van der Waals surface area contributed by atoms with Gasteiger partial charge in [-0.3, -0.25) is 4.79 Å². The molecule has 0 aliphatic heterocycles. The van der Waals surface area contributed by atoms with Gasteiger partial charge in [-0.2, -0.15) is 0 Å². The van der Waals surface area contributed by atoms with E-state index in [0.29, 0.717) is 5.75 Å². The molecule has 0 saturated carbocycles. The molecule has 19 heavy (non-hydrogen) atoms. The van der Waals surface area contributed by atoms with E-state index in [2.05, 4.69) is 12.1 Å². The lowest BCUT2D eigenvalue weighted by Gasteiger charge is -2.17. The number of carbonyl (C=O) groups is 1. The van der Waals surface area contributed by atoms with Crippen LogP contribution in [0.5, 0.6) is 0 Å². The summed E-state index contributed by atoms with van der Waals surface area (Å²) in [4.78, 5) is 12.4. The molecular formula is C16H16O2S. The third-order valence-electron chi connectivity index (χ3n) is 2.62. The first kappa shape index (κ1) is 13.7. The fraction of sp³-hybridized carbons (Fsp3) is 0.188. The van der Waals surface area contributed by atoms with Crippen LogP contribution in [-0.2, 0) is 9.53 Å². The zero-order valence-electron chi connectivity index (χ0n) is 10.8. The summed E-state index contributed by atoms with van der Waals surface area (Å²) < 4.78 is 5.40. The Morgan fingerprint density at radius 3 is 2.21 bits per heavy atom. The molecule has 98 valence electrons. The van der Waals surface area contributed by atoms with Gasteiger partial charge in [-0.05, 0) is 17.7 Å². The highest BCUT2D eigenvalue weighted by molar-refractivity contribution is 7.99. The van der Waals surface area contributed by atoms with Crippen molar-refractivity contribution in [3.63, 3.8) is 0 Å². The fourth-order valence-corrected chi connectivity index (χ4v) is 2.71. The standard InChI is InChI=1S/C16H16O2S/c1-13(17)18-16(14-8-4-2-5-9-14)12-19-15-10-6-3-7-11-15/h2-11,16H,12H2,1H3. The van der Waals surface area contributed by atoms with Crippen molar-refractivity contribution < 1.29 is 9.53 Å². The van der Waals surface area contributed by atoms with E-state index < -0.39 is 0 Å². The predicted octanol–water partition coefficient (Wildman–Crippen LogP) is 4.08. The summed E-state index contributed by atoms with van der Waals surface area (Å²) in [5.74, 6) is 0.468. The highest BCUT2D eigenvalue weighted by atomic mass is 32.2. The highest BCUT2D eigenvalue weighted by Gasteiger charge is 2.14. The van der Waals surface area contributed by atoms with Crippen LogP contribution in [0.2, 0.25) is 0 Å². The van der Waals surface area contributed by atoms with Crippen LogP contribution >= 0.6 is 11.8 Å². The van der Waals surface area contributed by atoms with Crippen molar-refractivity contribution in [2.45, 2.75) is 17.9 Å². The van der Waals surface area contributed by atoms with Gasteiger partial charge in [-0.25, -0.2) is 0 Å². The summed E-state index contributed by atoms with van der Waals surface area (Å²) in [5.41, 5.74) is 1.03. The van der Waals surface area contributed by atoms with Crippen molar-refractivity contribution in [2.75, 3.05) is 5.75 Å². The molecule has 0 spiro atoms. The number of hydrogen-bond acceptors (Lipinski definition) is 3. The lowest BCUT2D eigenvalue weighted by Crippen LogP contribution is -2.10. The van der Waals surface area contributed by atoms with Crippen molar-refractivity contribution in [3.05, 3.63) is 66.2 Å². The van der Waals surface area contributed by atoms with E-state index in [1.807, 2.05) is 48.5 Å². The van der Waals surface area contributed by atoms with Crippen molar-refractivity contribution in [3.8, 4) is 0 Å². The van der Waals surface area contributed by atoms with Crippen molar-refractivity contribution >= 4 is 17.7 Å². The van der Waals surface area contributed by atoms with Crippen LogP contribution in [0.25, 0.3) is 0 Å². The molecular weight excluding hydrogens is 256 g/mol. The maximum atomic E-state index is 11.2. The van der Waals surface area contributed by atoms with Gasteiger partial charge < -0.3 is 4.74 Å². The number of hydrogen-bond donors (Lipinski definition) is 0. The van der Waals surface area contributed by atoms with Crippen LogP contribution < -0.4 is 0 Å². The van der Waals surface area contributed by atoms with Gasteiger partial charge in [0, 0.05) is 17.6 Å². The molecule has 0 aliphatic carbocycles. The second kappa shape index (κ2) is 7.00. The average Bonchev–Trinajstić information content (AvgIpc) is 2.45. The van der Waals surface area contributed by atoms with Gasteiger partial charge in [0.2, 0.25) is 0 Å². The quantitative estimate of drug-likeness (QED) is 0.606. The van der Waals surface area contributed by atoms with Crippen LogP contribution in [0.15, 0.2) is 65.6 Å². The molecule has 0 saturated heterocycles. The number of benzene rings is 2. The zero-order chi connectivity index (χ0) is 13.5. The Bertz CT molecular complexity index is 511. The lowest BCUT2D eigenvalue weighted by molar-refractivity contribution is -0.145. The molecule has 0 bridgehead atoms. The van der Waals surface area contributed by atoms with Crippen LogP contribution in [-0.4, -0.2) is 11.7 Å². The number of esters is 1. The molecule has 2 aromatic carbocycles. The maximum absolute atomic E-state index is 11.2. The van der Waals surface area contributed by atoms with Crippen LogP contribution in [0.1, 0.15) is 18.6 Å². The molecule has 3 heteroatoms. The van der Waals surface area contributed by atoms with Crippen LogP contribution in [0, 0.1) is 0 Å². The van der Waals surface area contributed by atoms with Crippen LogP contribution in [0.4, 0.5) is 0 Å². The van der Waals surface area contributed by atoms with Gasteiger partial charge in [-0.15, -0.1) is 11.8 Å². The Morgan fingerprint density at radius 2 is 1.63 bits per heavy atom. The molecule has 0 aromatic heterocycles. The smallest absolute Gasteiger partial charge is 0.303 e. The SMILES string of the molecule is CC(=O)OC(CSc1ccccc1)c1ccccc1. The Labute approximate surface area is 117 Å². The minimum absolute atomic E-state index is 0.205. The van der Waals surface area contributed by atoms with E-state index in [0.717, 1.165) is 5.56 Å². The van der Waals surface area contributed by atoms with E-state index in [1.165, 1.54) is 11.8 Å². The molecule has 1 atom stereocenters. The number of thioether (sulfide) groups is 1. The first-order valence-corrected chi connectivity index (χ1v) is 7.14. The second-order valence-electron chi connectivity index (χ2n) is 4.13. The van der Waals surface area contributed by atoms with E-state index in [1.54, 1.807) is 11.8 Å². The molecule has 0 radical (unpaired) electrons. The van der Waals surface area contributed by atoms with Crippen molar-refractivity contribution in [2.24, 2.45) is 0 Å². The van der Waals surface area contributed by atoms with Crippen molar-refractivity contribution in [1.82, 2.24) is 0 Å². The molecule has 0 aliphatic rings. The second-order valence-corrected chi connectivity index (χ2v) is 5.23. The predicted molar refractivity (Wildman–Crippen MR) is 78.1 cm³/mol. The first-order valence-electron chi connectivity index (χ1n) is 6.16. The van der Waals surface area contributed by atoms with Gasteiger partial charge in [-0.1, -0.05) is 48.5 Å². The van der Waals surface area contributed by atoms with E-state index >= 15 is 0 Å². The van der Waals surface area contributed by atoms with Crippen LogP contribution in [0.3, 0.4) is 0 Å². The van der Waals surface area contributed by atoms with E-state index in [4.69, 9.17) is 4.74 Å². The fourth-order valence-electron chi connectivity index (χ4n) is 1.75. The first-order chi connectivity index (χ1) is 9.25. The highest BCUT2D eigenvalue weighted by Crippen LogP contribution is 2.27. The normalized spacial score (nSPS) is 11.8. The lowest BCUT2D eigenvalue weighted by atomic mass is 10.1. The summed E-state index contributed by atoms with van der Waals surface area (Å²) in [6.45, 7) is 1.45. The Kier molecular flexibility index (Phi) is 5.04. The van der Waals surface area contributed by atoms with E-state index in [9.17, 15) is 4.79 Å². The third-order valence-corrected chi connectivity index (χ3v) is 3.70. The van der Waals surface area contributed by atoms with Crippen molar-refractivity contribution in [1.29, 1.82) is 0 Å². The summed E-state index contributed by atoms with van der Waals surface area (Å²) >= 11 is 1.69. The Balaban J connectivity index is 2.04. The third kappa shape index (κ3) is 4.45. The number of rotatable bonds is 5. The summed E-state index contributed by atoms with van der Waals surface area (Å²) in [5, 5.41) is 0. The molecule has 0 heterocycles. The van der Waals surface area contributed by atoms with Gasteiger partial charge in [0.05, 0.1) is 0 Å². The largest absolute Gasteiger partial charge is 0.457 e. The summed E-state index contributed by atoms with van der Waals surface area (Å²) in [6.07, 6.45) is -0.205. The number of carbonyl (C=O) groups excluding carboxylic acids is 1. The van der Waals surface area contributed by atoms with Gasteiger partial charge in [0.15, 0.2) is 0 Å². The minimum atomic E-state index is -0.248. The molecule has 0 fully saturated rings. The summed E-state index contributed by atoms with van der Waals surface area (Å²) in [6, 6.07) is 20.0.